The van der Waals surface area contributed by atoms with Gasteiger partial charge in [0.05, 0.1) is 25.7 Å². The van der Waals surface area contributed by atoms with Crippen molar-refractivity contribution >= 4 is 28.5 Å². The van der Waals surface area contributed by atoms with Gasteiger partial charge in [-0.05, 0) is 30.7 Å². The predicted molar refractivity (Wildman–Crippen MR) is 73.8 cm³/mol. The van der Waals surface area contributed by atoms with Crippen LogP contribution in [-0.2, 0) is 16.0 Å². The van der Waals surface area contributed by atoms with E-state index in [1.807, 2.05) is 13.0 Å². The van der Waals surface area contributed by atoms with Crippen molar-refractivity contribution < 1.29 is 14.3 Å². The van der Waals surface area contributed by atoms with Crippen LogP contribution in [0.5, 0.6) is 5.75 Å². The zero-order valence-corrected chi connectivity index (χ0v) is 11.7. The summed E-state index contributed by atoms with van der Waals surface area (Å²) in [5, 5.41) is 1.28. The van der Waals surface area contributed by atoms with Gasteiger partial charge >= 0.3 is 5.97 Å². The van der Waals surface area contributed by atoms with Gasteiger partial charge in [0.15, 0.2) is 0 Å². The Bertz CT molecular complexity index is 640. The van der Waals surface area contributed by atoms with E-state index in [1.165, 1.54) is 7.11 Å². The summed E-state index contributed by atoms with van der Waals surface area (Å²) in [6, 6.07) is 5.34. The Labute approximate surface area is 116 Å². The molecule has 19 heavy (non-hydrogen) atoms. The highest BCUT2D eigenvalue weighted by Crippen LogP contribution is 2.33. The van der Waals surface area contributed by atoms with Crippen LogP contribution in [0.25, 0.3) is 10.9 Å². The molecule has 0 N–H and O–H groups in total. The van der Waals surface area contributed by atoms with E-state index in [0.717, 1.165) is 16.6 Å². The third-order valence-corrected chi connectivity index (χ3v) is 3.18. The van der Waals surface area contributed by atoms with Gasteiger partial charge in [-0.2, -0.15) is 0 Å². The molecule has 0 aliphatic carbocycles. The van der Waals surface area contributed by atoms with E-state index >= 15 is 0 Å². The van der Waals surface area contributed by atoms with Crippen molar-refractivity contribution in [2.45, 2.75) is 13.3 Å². The van der Waals surface area contributed by atoms with Crippen LogP contribution in [0.3, 0.4) is 0 Å². The summed E-state index contributed by atoms with van der Waals surface area (Å²) < 4.78 is 9.99. The molecule has 0 atom stereocenters. The minimum absolute atomic E-state index is 0.156. The number of hydrogen-bond donors (Lipinski definition) is 0. The Morgan fingerprint density at radius 2 is 2.11 bits per heavy atom. The third-order valence-electron chi connectivity index (χ3n) is 2.86. The summed E-state index contributed by atoms with van der Waals surface area (Å²) in [4.78, 5) is 15.9. The Morgan fingerprint density at radius 1 is 1.37 bits per heavy atom. The van der Waals surface area contributed by atoms with Gasteiger partial charge < -0.3 is 9.47 Å². The summed E-state index contributed by atoms with van der Waals surface area (Å²) in [7, 11) is 2.94. The smallest absolute Gasteiger partial charge is 0.310 e. The predicted octanol–water partition coefficient (Wildman–Crippen LogP) is 2.92. The molecule has 0 aliphatic rings. The van der Waals surface area contributed by atoms with E-state index in [9.17, 15) is 4.79 Å². The highest BCUT2D eigenvalue weighted by atomic mass is 35.5. The maximum atomic E-state index is 11.5. The Kier molecular flexibility index (Phi) is 3.90. The van der Waals surface area contributed by atoms with Crippen LogP contribution in [0, 0.1) is 6.92 Å². The quantitative estimate of drug-likeness (QED) is 0.811. The molecule has 0 radical (unpaired) electrons. The summed E-state index contributed by atoms with van der Waals surface area (Å²) >= 11 is 6.22. The number of halogens is 1. The molecule has 0 bridgehead atoms. The summed E-state index contributed by atoms with van der Waals surface area (Å²) in [5.74, 6) is 0.319. The van der Waals surface area contributed by atoms with Crippen LogP contribution >= 0.6 is 11.6 Å². The number of pyridine rings is 1. The topological polar surface area (TPSA) is 48.4 Å². The fraction of sp³-hybridized carbons (Fsp3) is 0.286. The average Bonchev–Trinajstić information content (AvgIpc) is 2.38. The van der Waals surface area contributed by atoms with Crippen molar-refractivity contribution in [3.05, 3.63) is 34.5 Å². The lowest BCUT2D eigenvalue weighted by Crippen LogP contribution is -2.06. The number of esters is 1. The number of aromatic nitrogens is 1. The molecule has 1 heterocycles. The van der Waals surface area contributed by atoms with Gasteiger partial charge in [-0.25, -0.2) is 4.98 Å². The van der Waals surface area contributed by atoms with Crippen molar-refractivity contribution in [3.8, 4) is 5.75 Å². The molecule has 0 saturated heterocycles. The summed E-state index contributed by atoms with van der Waals surface area (Å²) in [6.07, 6.45) is 0.156. The lowest BCUT2D eigenvalue weighted by atomic mass is 10.0. The molecule has 0 spiro atoms. The van der Waals surface area contributed by atoms with Gasteiger partial charge in [0.1, 0.15) is 11.3 Å². The van der Waals surface area contributed by atoms with Crippen LogP contribution < -0.4 is 4.74 Å². The summed E-state index contributed by atoms with van der Waals surface area (Å²) in [6.45, 7) is 1.86. The van der Waals surface area contributed by atoms with E-state index in [1.54, 1.807) is 19.2 Å². The first-order valence-corrected chi connectivity index (χ1v) is 6.14. The van der Waals surface area contributed by atoms with Crippen LogP contribution in [0.4, 0.5) is 0 Å². The van der Waals surface area contributed by atoms with E-state index in [2.05, 4.69) is 4.98 Å². The van der Waals surface area contributed by atoms with Crippen molar-refractivity contribution in [2.75, 3.05) is 14.2 Å². The first-order valence-electron chi connectivity index (χ1n) is 5.76. The Hall–Kier alpha value is -1.81. The molecule has 0 aliphatic heterocycles. The third kappa shape index (κ3) is 2.63. The zero-order chi connectivity index (χ0) is 14.0. The number of benzene rings is 1. The average molecular weight is 280 g/mol. The second kappa shape index (κ2) is 5.45. The van der Waals surface area contributed by atoms with E-state index in [0.29, 0.717) is 16.3 Å². The molecule has 2 rings (SSSR count). The molecule has 100 valence electrons. The SMILES string of the molecule is COC(=O)Cc1cc(C)nc2c(OC)ccc(Cl)c12. The molecule has 4 nitrogen and oxygen atoms in total. The van der Waals surface area contributed by atoms with E-state index in [4.69, 9.17) is 21.1 Å². The maximum absolute atomic E-state index is 11.5. The monoisotopic (exact) mass is 279 g/mol. The van der Waals surface area contributed by atoms with Crippen LogP contribution in [0.1, 0.15) is 11.3 Å². The molecule has 2 aromatic rings. The van der Waals surface area contributed by atoms with Crippen molar-refractivity contribution in [2.24, 2.45) is 0 Å². The van der Waals surface area contributed by atoms with Crippen molar-refractivity contribution in [1.29, 1.82) is 0 Å². The second-order valence-electron chi connectivity index (χ2n) is 4.15. The zero-order valence-electron chi connectivity index (χ0n) is 11.0. The molecular formula is C14H14ClNO3. The molecule has 5 heteroatoms. The van der Waals surface area contributed by atoms with Gasteiger partial charge in [0.2, 0.25) is 0 Å². The van der Waals surface area contributed by atoms with Gasteiger partial charge in [0.25, 0.3) is 0 Å². The number of fused-ring (bicyclic) bond motifs is 1. The number of ether oxygens (including phenoxy) is 2. The van der Waals surface area contributed by atoms with E-state index in [-0.39, 0.29) is 12.4 Å². The maximum Gasteiger partial charge on any atom is 0.310 e. The van der Waals surface area contributed by atoms with Crippen LogP contribution in [0.2, 0.25) is 5.02 Å². The minimum atomic E-state index is -0.314. The molecule has 0 unspecified atom stereocenters. The fourth-order valence-corrected chi connectivity index (χ4v) is 2.30. The van der Waals surface area contributed by atoms with Crippen molar-refractivity contribution in [1.82, 2.24) is 4.98 Å². The lowest BCUT2D eigenvalue weighted by molar-refractivity contribution is -0.139. The normalized spacial score (nSPS) is 10.5. The Balaban J connectivity index is 2.72. The second-order valence-corrected chi connectivity index (χ2v) is 4.56. The van der Waals surface area contributed by atoms with Gasteiger partial charge in [-0.15, -0.1) is 0 Å². The van der Waals surface area contributed by atoms with Gasteiger partial charge in [-0.3, -0.25) is 4.79 Å². The number of carbonyl (C=O) groups is 1. The van der Waals surface area contributed by atoms with Gasteiger partial charge in [-0.1, -0.05) is 11.6 Å². The van der Waals surface area contributed by atoms with Gasteiger partial charge in [0, 0.05) is 11.1 Å². The number of rotatable bonds is 3. The minimum Gasteiger partial charge on any atom is -0.494 e. The summed E-state index contributed by atoms with van der Waals surface area (Å²) in [5.41, 5.74) is 2.25. The number of nitrogens with zero attached hydrogens (tertiary/aromatic N) is 1. The Morgan fingerprint density at radius 3 is 2.74 bits per heavy atom. The molecule has 1 aromatic carbocycles. The molecule has 0 saturated carbocycles. The number of carbonyl (C=O) groups excluding carboxylic acids is 1. The first-order chi connectivity index (χ1) is 9.06. The number of aryl methyl sites for hydroxylation is 1. The van der Waals surface area contributed by atoms with Crippen LogP contribution in [0.15, 0.2) is 18.2 Å². The number of hydrogen-bond acceptors (Lipinski definition) is 4. The highest BCUT2D eigenvalue weighted by molar-refractivity contribution is 6.36. The lowest BCUT2D eigenvalue weighted by Gasteiger charge is -2.11. The molecule has 1 aromatic heterocycles. The number of methoxy groups -OCH3 is 2. The van der Waals surface area contributed by atoms with Crippen LogP contribution in [-0.4, -0.2) is 25.2 Å². The molecule has 0 amide bonds. The van der Waals surface area contributed by atoms with Crippen molar-refractivity contribution in [3.63, 3.8) is 0 Å². The molecular weight excluding hydrogens is 266 g/mol. The highest BCUT2D eigenvalue weighted by Gasteiger charge is 2.14. The standard InChI is InChI=1S/C14H14ClNO3/c1-8-6-9(7-12(17)19-3)13-10(15)4-5-11(18-2)14(13)16-8/h4-6H,7H2,1-3H3. The van der Waals surface area contributed by atoms with E-state index < -0.39 is 0 Å². The first kappa shape index (κ1) is 13.6. The largest absolute Gasteiger partial charge is 0.494 e. The molecule has 0 fully saturated rings. The fourth-order valence-electron chi connectivity index (χ4n) is 2.03.